The number of nitrogens with one attached hydrogen (secondary N) is 1. The Hall–Kier alpha value is -1.53. The number of hydrogen-bond acceptors (Lipinski definition) is 3. The molecule has 0 amide bonds. The van der Waals surface area contributed by atoms with Crippen LogP contribution < -0.4 is 5.32 Å². The van der Waals surface area contributed by atoms with Gasteiger partial charge in [-0.1, -0.05) is 5.92 Å². The second kappa shape index (κ2) is 4.48. The highest BCUT2D eigenvalue weighted by Gasteiger charge is 2.01. The lowest BCUT2D eigenvalue weighted by Gasteiger charge is -2.04. The average molecular weight is 176 g/mol. The van der Waals surface area contributed by atoms with Crippen molar-refractivity contribution < 1.29 is 5.11 Å². The van der Waals surface area contributed by atoms with Crippen LogP contribution in [0.1, 0.15) is 11.4 Å². The summed E-state index contributed by atoms with van der Waals surface area (Å²) in [7, 11) is 0. The summed E-state index contributed by atoms with van der Waals surface area (Å²) in [5.74, 6) is 2.66. The van der Waals surface area contributed by atoms with E-state index in [1.165, 1.54) is 0 Å². The fourth-order valence-electron chi connectivity index (χ4n) is 0.986. The smallest absolute Gasteiger partial charge is 0.138 e. The molecule has 0 bridgehead atoms. The Morgan fingerprint density at radius 1 is 1.62 bits per heavy atom. The zero-order valence-electron chi connectivity index (χ0n) is 7.54. The van der Waals surface area contributed by atoms with E-state index in [4.69, 9.17) is 6.42 Å². The maximum Gasteiger partial charge on any atom is 0.138 e. The summed E-state index contributed by atoms with van der Waals surface area (Å²) in [6, 6.07) is 3.40. The number of pyridine rings is 1. The van der Waals surface area contributed by atoms with E-state index in [-0.39, 0.29) is 5.75 Å². The maximum atomic E-state index is 9.38. The van der Waals surface area contributed by atoms with E-state index in [0.717, 1.165) is 5.69 Å². The first kappa shape index (κ1) is 9.56. The molecule has 13 heavy (non-hydrogen) atoms. The van der Waals surface area contributed by atoms with Gasteiger partial charge in [-0.3, -0.25) is 4.98 Å². The van der Waals surface area contributed by atoms with Crippen molar-refractivity contribution in [3.8, 4) is 18.1 Å². The van der Waals surface area contributed by atoms with Crippen LogP contribution in [0.3, 0.4) is 0 Å². The van der Waals surface area contributed by atoms with Crippen LogP contribution in [-0.4, -0.2) is 16.6 Å². The molecule has 0 saturated heterocycles. The summed E-state index contributed by atoms with van der Waals surface area (Å²) < 4.78 is 0. The molecule has 0 aliphatic carbocycles. The molecule has 0 unspecified atom stereocenters. The minimum Gasteiger partial charge on any atom is -0.506 e. The summed E-state index contributed by atoms with van der Waals surface area (Å²) >= 11 is 0. The molecule has 68 valence electrons. The van der Waals surface area contributed by atoms with Gasteiger partial charge in [0.15, 0.2) is 0 Å². The van der Waals surface area contributed by atoms with Gasteiger partial charge in [-0.05, 0) is 19.1 Å². The van der Waals surface area contributed by atoms with Gasteiger partial charge in [0.1, 0.15) is 5.75 Å². The van der Waals surface area contributed by atoms with E-state index in [1.54, 1.807) is 12.1 Å². The van der Waals surface area contributed by atoms with Gasteiger partial charge in [-0.2, -0.15) is 0 Å². The van der Waals surface area contributed by atoms with Gasteiger partial charge in [0.05, 0.1) is 12.2 Å². The Bertz CT molecular complexity index is 328. The number of aryl methyl sites for hydroxylation is 1. The van der Waals surface area contributed by atoms with Crippen molar-refractivity contribution in [3.05, 3.63) is 23.5 Å². The Morgan fingerprint density at radius 3 is 3.08 bits per heavy atom. The highest BCUT2D eigenvalue weighted by Crippen LogP contribution is 2.13. The van der Waals surface area contributed by atoms with E-state index < -0.39 is 0 Å². The van der Waals surface area contributed by atoms with Crippen LogP contribution in [0.15, 0.2) is 12.1 Å². The fourth-order valence-corrected chi connectivity index (χ4v) is 0.986. The number of rotatable bonds is 3. The lowest BCUT2D eigenvalue weighted by Crippen LogP contribution is -2.14. The van der Waals surface area contributed by atoms with Crippen LogP contribution in [0.25, 0.3) is 0 Å². The highest BCUT2D eigenvalue weighted by atomic mass is 16.3. The van der Waals surface area contributed by atoms with Crippen LogP contribution in [-0.2, 0) is 6.54 Å². The predicted octanol–water partition coefficient (Wildman–Crippen LogP) is 0.818. The molecular weight excluding hydrogens is 164 g/mol. The van der Waals surface area contributed by atoms with Gasteiger partial charge in [-0.25, -0.2) is 0 Å². The Labute approximate surface area is 77.8 Å². The molecule has 0 atom stereocenters. The molecule has 0 fully saturated rings. The van der Waals surface area contributed by atoms with Gasteiger partial charge < -0.3 is 10.4 Å². The molecule has 1 rings (SSSR count). The summed E-state index contributed by atoms with van der Waals surface area (Å²) in [5, 5.41) is 12.3. The highest BCUT2D eigenvalue weighted by molar-refractivity contribution is 5.27. The second-order valence-corrected chi connectivity index (χ2v) is 2.73. The molecular formula is C10H12N2O. The normalized spacial score (nSPS) is 9.54. The standard InChI is InChI=1S/C10H12N2O/c1-3-6-11-7-9-10(13)5-4-8(2)12-9/h1,4-5,11,13H,6-7H2,2H3. The van der Waals surface area contributed by atoms with Gasteiger partial charge in [-0.15, -0.1) is 6.42 Å². The van der Waals surface area contributed by atoms with Crippen molar-refractivity contribution >= 4 is 0 Å². The Kier molecular flexibility index (Phi) is 3.30. The molecule has 0 aromatic carbocycles. The van der Waals surface area contributed by atoms with E-state index in [0.29, 0.717) is 18.8 Å². The number of terminal acetylenes is 1. The van der Waals surface area contributed by atoms with E-state index in [1.807, 2.05) is 6.92 Å². The molecule has 0 radical (unpaired) electrons. The summed E-state index contributed by atoms with van der Waals surface area (Å²) in [6.07, 6.45) is 5.07. The number of aromatic nitrogens is 1. The van der Waals surface area contributed by atoms with Gasteiger partial charge in [0, 0.05) is 12.2 Å². The maximum absolute atomic E-state index is 9.38. The lowest BCUT2D eigenvalue weighted by molar-refractivity contribution is 0.460. The van der Waals surface area contributed by atoms with Crippen LogP contribution in [0, 0.1) is 19.3 Å². The van der Waals surface area contributed by atoms with Gasteiger partial charge in [0.25, 0.3) is 0 Å². The predicted molar refractivity (Wildman–Crippen MR) is 51.2 cm³/mol. The Balaban J connectivity index is 2.65. The van der Waals surface area contributed by atoms with Crippen LogP contribution in [0.2, 0.25) is 0 Å². The topological polar surface area (TPSA) is 45.2 Å². The van der Waals surface area contributed by atoms with Crippen molar-refractivity contribution in [1.82, 2.24) is 10.3 Å². The van der Waals surface area contributed by atoms with Crippen LogP contribution >= 0.6 is 0 Å². The number of nitrogens with zero attached hydrogens (tertiary/aromatic N) is 1. The SMILES string of the molecule is C#CCNCc1nc(C)ccc1O. The summed E-state index contributed by atoms with van der Waals surface area (Å²) in [4.78, 5) is 4.16. The number of aromatic hydroxyl groups is 1. The van der Waals surface area contributed by atoms with Crippen molar-refractivity contribution in [3.63, 3.8) is 0 Å². The van der Waals surface area contributed by atoms with Crippen LogP contribution in [0.5, 0.6) is 5.75 Å². The molecule has 2 N–H and O–H groups in total. The minimum atomic E-state index is 0.204. The van der Waals surface area contributed by atoms with E-state index in [9.17, 15) is 5.11 Å². The van der Waals surface area contributed by atoms with Gasteiger partial charge >= 0.3 is 0 Å². The van der Waals surface area contributed by atoms with Crippen molar-refractivity contribution in [1.29, 1.82) is 0 Å². The Morgan fingerprint density at radius 2 is 2.38 bits per heavy atom. The quantitative estimate of drug-likeness (QED) is 0.529. The number of hydrogen-bond donors (Lipinski definition) is 2. The third-order valence-electron chi connectivity index (χ3n) is 1.61. The molecule has 3 heteroatoms. The molecule has 1 heterocycles. The second-order valence-electron chi connectivity index (χ2n) is 2.73. The van der Waals surface area contributed by atoms with Crippen molar-refractivity contribution in [2.45, 2.75) is 13.5 Å². The molecule has 1 aromatic heterocycles. The van der Waals surface area contributed by atoms with Crippen LogP contribution in [0.4, 0.5) is 0 Å². The molecule has 0 aliphatic heterocycles. The van der Waals surface area contributed by atoms with E-state index >= 15 is 0 Å². The molecule has 1 aromatic rings. The van der Waals surface area contributed by atoms with Gasteiger partial charge in [0.2, 0.25) is 0 Å². The average Bonchev–Trinajstić information content (AvgIpc) is 2.11. The fraction of sp³-hybridized carbons (Fsp3) is 0.300. The molecule has 0 spiro atoms. The van der Waals surface area contributed by atoms with Crippen molar-refractivity contribution in [2.75, 3.05) is 6.54 Å². The third kappa shape index (κ3) is 2.77. The summed E-state index contributed by atoms with van der Waals surface area (Å²) in [5.41, 5.74) is 1.52. The first-order valence-electron chi connectivity index (χ1n) is 4.03. The largest absolute Gasteiger partial charge is 0.506 e. The zero-order valence-corrected chi connectivity index (χ0v) is 7.54. The van der Waals surface area contributed by atoms with Crippen molar-refractivity contribution in [2.24, 2.45) is 0 Å². The molecule has 0 saturated carbocycles. The first-order valence-corrected chi connectivity index (χ1v) is 4.03. The molecule has 0 aliphatic rings. The first-order chi connectivity index (χ1) is 6.24. The molecule has 3 nitrogen and oxygen atoms in total. The monoisotopic (exact) mass is 176 g/mol. The summed E-state index contributed by atoms with van der Waals surface area (Å²) in [6.45, 7) is 2.86. The third-order valence-corrected chi connectivity index (χ3v) is 1.61. The minimum absolute atomic E-state index is 0.204. The zero-order chi connectivity index (χ0) is 9.68. The lowest BCUT2D eigenvalue weighted by atomic mass is 10.3. The van der Waals surface area contributed by atoms with E-state index in [2.05, 4.69) is 16.2 Å².